The SMILES string of the molecule is Cc1ccc(Cn2c(=O)c3c(nc4n([C@@H](C)c5ccccc5)c(C)cn34)n(C)c2=O)cc1. The van der Waals surface area contributed by atoms with E-state index in [2.05, 4.69) is 23.6 Å². The first-order valence-electron chi connectivity index (χ1n) is 10.7. The molecule has 3 aromatic heterocycles. The Morgan fingerprint density at radius 1 is 0.969 bits per heavy atom. The van der Waals surface area contributed by atoms with E-state index in [1.54, 1.807) is 7.05 Å². The quantitative estimate of drug-likeness (QED) is 0.441. The summed E-state index contributed by atoms with van der Waals surface area (Å²) in [5.41, 5.74) is 4.27. The lowest BCUT2D eigenvalue weighted by Crippen LogP contribution is -2.39. The maximum Gasteiger partial charge on any atom is 0.332 e. The molecule has 3 heterocycles. The van der Waals surface area contributed by atoms with Gasteiger partial charge in [0.2, 0.25) is 5.78 Å². The molecule has 1 atom stereocenters. The number of fused-ring (bicyclic) bond motifs is 3. The zero-order valence-electron chi connectivity index (χ0n) is 18.6. The third kappa shape index (κ3) is 3.00. The van der Waals surface area contributed by atoms with E-state index in [0.717, 1.165) is 22.4 Å². The fourth-order valence-electron chi connectivity index (χ4n) is 4.40. The van der Waals surface area contributed by atoms with Gasteiger partial charge in [0.15, 0.2) is 11.2 Å². The lowest BCUT2D eigenvalue weighted by Gasteiger charge is -2.16. The van der Waals surface area contributed by atoms with Gasteiger partial charge in [0.25, 0.3) is 5.56 Å². The number of benzene rings is 2. The van der Waals surface area contributed by atoms with Crippen LogP contribution in [0.4, 0.5) is 0 Å². The molecule has 162 valence electrons. The highest BCUT2D eigenvalue weighted by molar-refractivity contribution is 5.75. The summed E-state index contributed by atoms with van der Waals surface area (Å²) >= 11 is 0. The van der Waals surface area contributed by atoms with E-state index in [1.165, 1.54) is 9.13 Å². The highest BCUT2D eigenvalue weighted by atomic mass is 16.2. The molecular weight excluding hydrogens is 402 g/mol. The van der Waals surface area contributed by atoms with Crippen molar-refractivity contribution >= 4 is 16.9 Å². The molecule has 0 saturated heterocycles. The van der Waals surface area contributed by atoms with Crippen LogP contribution in [0.15, 0.2) is 70.4 Å². The Balaban J connectivity index is 1.74. The van der Waals surface area contributed by atoms with Gasteiger partial charge in [-0.3, -0.25) is 18.3 Å². The molecule has 0 saturated carbocycles. The lowest BCUT2D eigenvalue weighted by molar-refractivity contribution is 0.638. The summed E-state index contributed by atoms with van der Waals surface area (Å²) in [6, 6.07) is 18.0. The van der Waals surface area contributed by atoms with Gasteiger partial charge in [-0.25, -0.2) is 4.79 Å². The van der Waals surface area contributed by atoms with Crippen LogP contribution >= 0.6 is 0 Å². The van der Waals surface area contributed by atoms with E-state index in [0.29, 0.717) is 16.9 Å². The van der Waals surface area contributed by atoms with Crippen LogP contribution < -0.4 is 11.2 Å². The molecule has 0 unspecified atom stereocenters. The summed E-state index contributed by atoms with van der Waals surface area (Å²) < 4.78 is 6.67. The van der Waals surface area contributed by atoms with Crippen LogP contribution in [0.3, 0.4) is 0 Å². The molecular formula is C25H25N5O2. The molecule has 0 spiro atoms. The number of hydrogen-bond acceptors (Lipinski definition) is 3. The Bertz CT molecular complexity index is 1570. The van der Waals surface area contributed by atoms with Gasteiger partial charge in [-0.1, -0.05) is 60.2 Å². The van der Waals surface area contributed by atoms with Crippen molar-refractivity contribution in [2.45, 2.75) is 33.4 Å². The number of hydrogen-bond donors (Lipinski definition) is 0. The lowest BCUT2D eigenvalue weighted by atomic mass is 10.1. The minimum Gasteiger partial charge on any atom is -0.307 e. The van der Waals surface area contributed by atoms with Gasteiger partial charge in [0.1, 0.15) is 0 Å². The second-order valence-corrected chi connectivity index (χ2v) is 8.40. The Kier molecular flexibility index (Phi) is 4.62. The normalized spacial score (nSPS) is 12.6. The maximum absolute atomic E-state index is 13.5. The van der Waals surface area contributed by atoms with Crippen LogP contribution in [-0.4, -0.2) is 23.1 Å². The van der Waals surface area contributed by atoms with Crippen LogP contribution in [-0.2, 0) is 13.6 Å². The molecule has 0 aliphatic heterocycles. The van der Waals surface area contributed by atoms with Crippen LogP contribution in [0.5, 0.6) is 0 Å². The minimum absolute atomic E-state index is 0.0253. The number of imidazole rings is 2. The van der Waals surface area contributed by atoms with E-state index in [1.807, 2.05) is 66.9 Å². The predicted molar refractivity (Wildman–Crippen MR) is 125 cm³/mol. The number of rotatable bonds is 4. The van der Waals surface area contributed by atoms with Gasteiger partial charge in [0.05, 0.1) is 12.6 Å². The third-order valence-electron chi connectivity index (χ3n) is 6.20. The van der Waals surface area contributed by atoms with E-state index >= 15 is 0 Å². The van der Waals surface area contributed by atoms with Crippen LogP contribution in [0, 0.1) is 13.8 Å². The summed E-state index contributed by atoms with van der Waals surface area (Å²) in [7, 11) is 1.67. The molecule has 7 heteroatoms. The fourth-order valence-corrected chi connectivity index (χ4v) is 4.40. The molecule has 7 nitrogen and oxygen atoms in total. The number of aromatic nitrogens is 5. The second kappa shape index (κ2) is 7.37. The molecule has 5 aromatic rings. The van der Waals surface area contributed by atoms with E-state index in [-0.39, 0.29) is 23.8 Å². The molecule has 5 rings (SSSR count). The summed E-state index contributed by atoms with van der Waals surface area (Å²) in [5.74, 6) is 0.647. The zero-order valence-corrected chi connectivity index (χ0v) is 18.6. The molecule has 0 bridgehead atoms. The Morgan fingerprint density at radius 2 is 1.66 bits per heavy atom. The van der Waals surface area contributed by atoms with Gasteiger partial charge in [0, 0.05) is 18.9 Å². The Morgan fingerprint density at radius 3 is 2.34 bits per heavy atom. The van der Waals surface area contributed by atoms with Crippen molar-refractivity contribution < 1.29 is 0 Å². The van der Waals surface area contributed by atoms with Crippen LogP contribution in [0.25, 0.3) is 16.9 Å². The summed E-state index contributed by atoms with van der Waals surface area (Å²) in [5, 5.41) is 0. The van der Waals surface area contributed by atoms with Gasteiger partial charge in [-0.05, 0) is 31.9 Å². The zero-order chi connectivity index (χ0) is 22.6. The monoisotopic (exact) mass is 427 g/mol. The molecule has 0 aliphatic rings. The molecule has 0 N–H and O–H groups in total. The van der Waals surface area contributed by atoms with E-state index < -0.39 is 0 Å². The van der Waals surface area contributed by atoms with Crippen molar-refractivity contribution in [1.29, 1.82) is 0 Å². The summed E-state index contributed by atoms with van der Waals surface area (Å²) in [6.45, 7) is 6.34. The van der Waals surface area contributed by atoms with Crippen LogP contribution in [0.2, 0.25) is 0 Å². The molecule has 0 aliphatic carbocycles. The Hall–Kier alpha value is -3.87. The van der Waals surface area contributed by atoms with Crippen molar-refractivity contribution in [3.05, 3.63) is 104 Å². The average Bonchev–Trinajstić information content (AvgIpc) is 3.31. The number of nitrogens with zero attached hydrogens (tertiary/aromatic N) is 5. The second-order valence-electron chi connectivity index (χ2n) is 8.40. The van der Waals surface area contributed by atoms with Gasteiger partial charge >= 0.3 is 5.69 Å². The van der Waals surface area contributed by atoms with Crippen molar-refractivity contribution in [1.82, 2.24) is 23.1 Å². The van der Waals surface area contributed by atoms with E-state index in [9.17, 15) is 9.59 Å². The van der Waals surface area contributed by atoms with E-state index in [4.69, 9.17) is 4.98 Å². The summed E-state index contributed by atoms with van der Waals surface area (Å²) in [6.07, 6.45) is 1.92. The Labute approximate surface area is 184 Å². The third-order valence-corrected chi connectivity index (χ3v) is 6.20. The highest BCUT2D eigenvalue weighted by Crippen LogP contribution is 2.25. The first-order chi connectivity index (χ1) is 15.4. The summed E-state index contributed by atoms with van der Waals surface area (Å²) in [4.78, 5) is 31.3. The van der Waals surface area contributed by atoms with Crippen molar-refractivity contribution in [3.8, 4) is 0 Å². The van der Waals surface area contributed by atoms with Gasteiger partial charge < -0.3 is 4.57 Å². The average molecular weight is 428 g/mol. The standard InChI is InChI=1S/C25H25N5O2/c1-16-10-12-19(13-11-16)15-29-23(31)21-22(27(4)25(29)32)26-24-28(21)14-17(2)30(24)18(3)20-8-6-5-7-9-20/h5-14,18H,15H2,1-4H3/t18-/m0/s1. The van der Waals surface area contributed by atoms with Crippen molar-refractivity contribution in [3.63, 3.8) is 0 Å². The fraction of sp³-hybridized carbons (Fsp3) is 0.240. The number of aryl methyl sites for hydroxylation is 3. The topological polar surface area (TPSA) is 66.2 Å². The molecule has 0 amide bonds. The molecule has 2 aromatic carbocycles. The molecule has 0 fully saturated rings. The largest absolute Gasteiger partial charge is 0.332 e. The molecule has 32 heavy (non-hydrogen) atoms. The van der Waals surface area contributed by atoms with Crippen LogP contribution in [0.1, 0.15) is 35.3 Å². The first kappa shape index (κ1) is 20.1. The molecule has 0 radical (unpaired) electrons. The maximum atomic E-state index is 13.5. The smallest absolute Gasteiger partial charge is 0.307 e. The van der Waals surface area contributed by atoms with Gasteiger partial charge in [-0.2, -0.15) is 4.98 Å². The predicted octanol–water partition coefficient (Wildman–Crippen LogP) is 3.42. The highest BCUT2D eigenvalue weighted by Gasteiger charge is 2.22. The van der Waals surface area contributed by atoms with Gasteiger partial charge in [-0.15, -0.1) is 0 Å². The minimum atomic E-state index is -0.372. The van der Waals surface area contributed by atoms with Crippen molar-refractivity contribution in [2.75, 3.05) is 0 Å². The first-order valence-corrected chi connectivity index (χ1v) is 10.7. The van der Waals surface area contributed by atoms with Crippen molar-refractivity contribution in [2.24, 2.45) is 7.05 Å².